The van der Waals surface area contributed by atoms with E-state index in [4.69, 9.17) is 4.74 Å². The number of halogens is 3. The Morgan fingerprint density at radius 1 is 1.36 bits per heavy atom. The molecule has 2 aromatic rings. The van der Waals surface area contributed by atoms with Crippen LogP contribution in [0.3, 0.4) is 0 Å². The summed E-state index contributed by atoms with van der Waals surface area (Å²) in [5, 5.41) is 3.37. The highest BCUT2D eigenvalue weighted by molar-refractivity contribution is 5.99. The van der Waals surface area contributed by atoms with Crippen molar-refractivity contribution in [3.05, 3.63) is 30.5 Å². The number of hydrogen-bond donors (Lipinski definition) is 2. The number of fused-ring (bicyclic) bond motifs is 1. The summed E-state index contributed by atoms with van der Waals surface area (Å²) in [5.41, 5.74) is 1.27. The number of aliphatic imine (C=N–C) groups is 1. The molecular weight excluding hydrogens is 373 g/mol. The fourth-order valence-electron chi connectivity index (χ4n) is 3.70. The van der Waals surface area contributed by atoms with Crippen LogP contribution in [0.4, 0.5) is 18.9 Å². The SMILES string of the molecule is CC1CCCN(C2=NC(C(F)(F)F)C(C(=O)Nc3ccc4[nH]ccc4c3)O2)C1. The van der Waals surface area contributed by atoms with Gasteiger partial charge < -0.3 is 19.9 Å². The summed E-state index contributed by atoms with van der Waals surface area (Å²) in [7, 11) is 0. The van der Waals surface area contributed by atoms with Crippen molar-refractivity contribution in [1.29, 1.82) is 0 Å². The Balaban J connectivity index is 1.52. The van der Waals surface area contributed by atoms with Gasteiger partial charge >= 0.3 is 6.18 Å². The second kappa shape index (κ2) is 7.03. The van der Waals surface area contributed by atoms with Gasteiger partial charge in [0.05, 0.1) is 0 Å². The Labute approximate surface area is 159 Å². The number of amidine groups is 1. The van der Waals surface area contributed by atoms with Gasteiger partial charge in [0.15, 0.2) is 6.04 Å². The van der Waals surface area contributed by atoms with Gasteiger partial charge in [-0.3, -0.25) is 4.79 Å². The van der Waals surface area contributed by atoms with Crippen LogP contribution in [0.5, 0.6) is 0 Å². The average molecular weight is 394 g/mol. The number of nitrogens with zero attached hydrogens (tertiary/aromatic N) is 2. The summed E-state index contributed by atoms with van der Waals surface area (Å²) in [5.74, 6) is -0.522. The summed E-state index contributed by atoms with van der Waals surface area (Å²) in [6, 6.07) is 4.58. The number of likely N-dealkylation sites (tertiary alicyclic amines) is 1. The number of benzene rings is 1. The molecule has 9 heteroatoms. The van der Waals surface area contributed by atoms with Gasteiger partial charge in [-0.05, 0) is 43.0 Å². The molecule has 0 saturated carbocycles. The van der Waals surface area contributed by atoms with E-state index in [1.807, 2.05) is 13.0 Å². The molecule has 0 bridgehead atoms. The van der Waals surface area contributed by atoms with E-state index in [0.717, 1.165) is 23.7 Å². The van der Waals surface area contributed by atoms with Gasteiger partial charge in [-0.2, -0.15) is 13.2 Å². The fraction of sp³-hybridized carbons (Fsp3) is 0.474. The molecule has 1 aromatic carbocycles. The highest BCUT2D eigenvalue weighted by Crippen LogP contribution is 2.33. The Kier molecular flexibility index (Phi) is 4.68. The van der Waals surface area contributed by atoms with Crippen molar-refractivity contribution in [2.45, 2.75) is 38.1 Å². The number of aromatic nitrogens is 1. The number of carbonyl (C=O) groups excluding carboxylic acids is 1. The largest absolute Gasteiger partial charge is 0.449 e. The van der Waals surface area contributed by atoms with Crippen LogP contribution in [-0.2, 0) is 9.53 Å². The van der Waals surface area contributed by atoms with Crippen LogP contribution in [0, 0.1) is 5.92 Å². The van der Waals surface area contributed by atoms with Crippen LogP contribution >= 0.6 is 0 Å². The number of alkyl halides is 3. The molecular formula is C19H21F3N4O2. The second-order valence-electron chi connectivity index (χ2n) is 7.40. The maximum atomic E-state index is 13.5. The number of nitrogens with one attached hydrogen (secondary N) is 2. The summed E-state index contributed by atoms with van der Waals surface area (Å²) in [6.45, 7) is 3.18. The molecule has 1 fully saturated rings. The van der Waals surface area contributed by atoms with Gasteiger partial charge in [0.2, 0.25) is 6.10 Å². The fourth-order valence-corrected chi connectivity index (χ4v) is 3.70. The lowest BCUT2D eigenvalue weighted by Gasteiger charge is -2.31. The zero-order valence-electron chi connectivity index (χ0n) is 15.3. The molecule has 4 rings (SSSR count). The number of amides is 1. The van der Waals surface area contributed by atoms with Gasteiger partial charge in [0, 0.05) is 35.9 Å². The maximum Gasteiger partial charge on any atom is 0.415 e. The van der Waals surface area contributed by atoms with Crippen LogP contribution in [0.25, 0.3) is 10.9 Å². The van der Waals surface area contributed by atoms with Crippen molar-refractivity contribution in [2.75, 3.05) is 18.4 Å². The number of ether oxygens (including phenoxy) is 1. The topological polar surface area (TPSA) is 69.7 Å². The number of aromatic amines is 1. The van der Waals surface area contributed by atoms with E-state index in [9.17, 15) is 18.0 Å². The molecule has 28 heavy (non-hydrogen) atoms. The zero-order valence-corrected chi connectivity index (χ0v) is 15.3. The van der Waals surface area contributed by atoms with Crippen LogP contribution in [0.1, 0.15) is 19.8 Å². The molecule has 1 aromatic heterocycles. The Hall–Kier alpha value is -2.71. The van der Waals surface area contributed by atoms with Crippen LogP contribution in [0.15, 0.2) is 35.5 Å². The molecule has 0 radical (unpaired) electrons. The average Bonchev–Trinajstić information content (AvgIpc) is 3.28. The quantitative estimate of drug-likeness (QED) is 0.819. The predicted octanol–water partition coefficient (Wildman–Crippen LogP) is 3.52. The third kappa shape index (κ3) is 3.65. The van der Waals surface area contributed by atoms with Gasteiger partial charge in [-0.1, -0.05) is 6.92 Å². The molecule has 0 aliphatic carbocycles. The predicted molar refractivity (Wildman–Crippen MR) is 99.1 cm³/mol. The van der Waals surface area contributed by atoms with Crippen LogP contribution in [-0.4, -0.2) is 53.2 Å². The summed E-state index contributed by atoms with van der Waals surface area (Å²) in [4.78, 5) is 21.1. The second-order valence-corrected chi connectivity index (χ2v) is 7.40. The van der Waals surface area contributed by atoms with Gasteiger partial charge in [-0.25, -0.2) is 4.99 Å². The lowest BCUT2D eigenvalue weighted by Crippen LogP contribution is -2.45. The third-order valence-electron chi connectivity index (χ3n) is 5.11. The molecule has 3 heterocycles. The number of carbonyl (C=O) groups is 1. The van der Waals surface area contributed by atoms with Gasteiger partial charge in [0.25, 0.3) is 11.9 Å². The van der Waals surface area contributed by atoms with E-state index in [-0.39, 0.29) is 6.02 Å². The lowest BCUT2D eigenvalue weighted by atomic mass is 10.0. The normalized spacial score (nSPS) is 25.5. The van der Waals surface area contributed by atoms with Crippen molar-refractivity contribution in [3.8, 4) is 0 Å². The Bertz CT molecular complexity index is 908. The molecule has 1 amide bonds. The first-order chi connectivity index (χ1) is 13.3. The van der Waals surface area contributed by atoms with Gasteiger partial charge in [-0.15, -0.1) is 0 Å². The van der Waals surface area contributed by atoms with Gasteiger partial charge in [0.1, 0.15) is 0 Å². The van der Waals surface area contributed by atoms with Crippen molar-refractivity contribution >= 4 is 28.5 Å². The van der Waals surface area contributed by atoms with E-state index < -0.39 is 24.2 Å². The molecule has 2 aliphatic rings. The number of piperidine rings is 1. The Morgan fingerprint density at radius 2 is 2.18 bits per heavy atom. The van der Waals surface area contributed by atoms with E-state index in [1.165, 1.54) is 0 Å². The number of hydrogen-bond acceptors (Lipinski definition) is 4. The third-order valence-corrected chi connectivity index (χ3v) is 5.11. The first kappa shape index (κ1) is 18.6. The van der Waals surface area contributed by atoms with Crippen molar-refractivity contribution in [2.24, 2.45) is 10.9 Å². The van der Waals surface area contributed by atoms with Crippen molar-refractivity contribution < 1.29 is 22.7 Å². The minimum Gasteiger partial charge on any atom is -0.449 e. The lowest BCUT2D eigenvalue weighted by molar-refractivity contribution is -0.165. The van der Waals surface area contributed by atoms with E-state index in [1.54, 1.807) is 29.3 Å². The molecule has 0 spiro atoms. The van der Waals surface area contributed by atoms with E-state index in [2.05, 4.69) is 15.3 Å². The number of rotatable bonds is 2. The minimum absolute atomic E-state index is 0.0879. The smallest absolute Gasteiger partial charge is 0.415 e. The first-order valence-corrected chi connectivity index (χ1v) is 9.25. The molecule has 1 saturated heterocycles. The summed E-state index contributed by atoms with van der Waals surface area (Å²) < 4.78 is 45.9. The molecule has 2 aliphatic heterocycles. The molecule has 6 nitrogen and oxygen atoms in total. The molecule has 3 unspecified atom stereocenters. The summed E-state index contributed by atoms with van der Waals surface area (Å²) in [6.07, 6.45) is -2.80. The Morgan fingerprint density at radius 3 is 2.93 bits per heavy atom. The highest BCUT2D eigenvalue weighted by Gasteiger charge is 2.54. The zero-order chi connectivity index (χ0) is 19.9. The highest BCUT2D eigenvalue weighted by atomic mass is 19.4. The van der Waals surface area contributed by atoms with Crippen LogP contribution < -0.4 is 5.32 Å². The standard InChI is InChI=1S/C19H21F3N4O2/c1-11-3-2-8-26(10-11)18-25-16(19(20,21)22)15(28-18)17(27)24-13-4-5-14-12(9-13)6-7-23-14/h4-7,9,11,15-16,23H,2-3,8,10H2,1H3,(H,24,27). The summed E-state index contributed by atoms with van der Waals surface area (Å²) >= 11 is 0. The van der Waals surface area contributed by atoms with E-state index >= 15 is 0 Å². The number of anilines is 1. The minimum atomic E-state index is -4.67. The number of H-pyrrole nitrogens is 1. The van der Waals surface area contributed by atoms with E-state index in [0.29, 0.717) is 24.7 Å². The van der Waals surface area contributed by atoms with Crippen molar-refractivity contribution in [3.63, 3.8) is 0 Å². The maximum absolute atomic E-state index is 13.5. The first-order valence-electron chi connectivity index (χ1n) is 9.25. The molecule has 150 valence electrons. The van der Waals surface area contributed by atoms with Crippen LogP contribution in [0.2, 0.25) is 0 Å². The molecule has 3 atom stereocenters. The molecule has 2 N–H and O–H groups in total. The van der Waals surface area contributed by atoms with Crippen molar-refractivity contribution in [1.82, 2.24) is 9.88 Å². The monoisotopic (exact) mass is 394 g/mol.